The highest BCUT2D eigenvalue weighted by atomic mass is 16.2. The first-order chi connectivity index (χ1) is 11.7. The summed E-state index contributed by atoms with van der Waals surface area (Å²) in [6.07, 6.45) is 3.64. The highest BCUT2D eigenvalue weighted by molar-refractivity contribution is 6.12. The number of fused-ring (bicyclic) bond motifs is 4. The number of benzene rings is 2. The predicted molar refractivity (Wildman–Crippen MR) is 95.2 cm³/mol. The van der Waals surface area contributed by atoms with E-state index in [4.69, 9.17) is 0 Å². The normalized spacial score (nSPS) is 25.1. The van der Waals surface area contributed by atoms with Crippen molar-refractivity contribution in [3.8, 4) is 0 Å². The van der Waals surface area contributed by atoms with Crippen LogP contribution in [-0.4, -0.2) is 17.9 Å². The van der Waals surface area contributed by atoms with Crippen LogP contribution in [0.4, 0.5) is 5.69 Å². The summed E-state index contributed by atoms with van der Waals surface area (Å²) in [5.41, 5.74) is 4.11. The van der Waals surface area contributed by atoms with Crippen molar-refractivity contribution in [2.45, 2.75) is 24.2 Å². The first-order valence-corrected chi connectivity index (χ1v) is 8.42. The number of hydrogen-bond acceptors (Lipinski definition) is 2. The fourth-order valence-electron chi connectivity index (χ4n) is 4.55. The molecule has 1 amide bonds. The van der Waals surface area contributed by atoms with Crippen molar-refractivity contribution in [3.05, 3.63) is 71.9 Å². The third kappa shape index (κ3) is 1.62. The SMILES string of the molecule is CN1C(=O)C2(CC(c3ccccc3)C2)c2c1cnc1ccccc21. The van der Waals surface area contributed by atoms with Crippen molar-refractivity contribution in [1.29, 1.82) is 0 Å². The molecule has 5 rings (SSSR count). The van der Waals surface area contributed by atoms with Gasteiger partial charge in [0, 0.05) is 18.0 Å². The molecule has 0 saturated heterocycles. The van der Waals surface area contributed by atoms with Gasteiger partial charge in [-0.05, 0) is 30.4 Å². The Labute approximate surface area is 140 Å². The quantitative estimate of drug-likeness (QED) is 0.679. The second kappa shape index (κ2) is 4.67. The highest BCUT2D eigenvalue weighted by Crippen LogP contribution is 2.60. The number of carbonyl (C=O) groups excluding carboxylic acids is 1. The maximum absolute atomic E-state index is 13.1. The molecule has 0 bridgehead atoms. The van der Waals surface area contributed by atoms with Gasteiger partial charge in [0.05, 0.1) is 22.8 Å². The number of carbonyl (C=O) groups is 1. The summed E-state index contributed by atoms with van der Waals surface area (Å²) in [4.78, 5) is 19.4. The maximum atomic E-state index is 13.1. The lowest BCUT2D eigenvalue weighted by Crippen LogP contribution is -2.47. The van der Waals surface area contributed by atoms with Gasteiger partial charge in [-0.2, -0.15) is 0 Å². The van der Waals surface area contributed by atoms with Crippen molar-refractivity contribution < 1.29 is 4.79 Å². The zero-order chi connectivity index (χ0) is 16.3. The van der Waals surface area contributed by atoms with E-state index in [0.717, 1.165) is 29.4 Å². The smallest absolute Gasteiger partial charge is 0.237 e. The molecule has 0 radical (unpaired) electrons. The molecule has 1 saturated carbocycles. The Kier molecular flexibility index (Phi) is 2.67. The summed E-state index contributed by atoms with van der Waals surface area (Å²) in [7, 11) is 1.88. The molecule has 1 aliphatic heterocycles. The van der Waals surface area contributed by atoms with Crippen LogP contribution >= 0.6 is 0 Å². The molecule has 3 heteroatoms. The van der Waals surface area contributed by atoms with Gasteiger partial charge >= 0.3 is 0 Å². The number of nitrogens with zero attached hydrogens (tertiary/aromatic N) is 2. The van der Waals surface area contributed by atoms with E-state index < -0.39 is 0 Å². The van der Waals surface area contributed by atoms with Crippen molar-refractivity contribution >= 4 is 22.5 Å². The average Bonchev–Trinajstić information content (AvgIpc) is 2.83. The third-order valence-corrected chi connectivity index (χ3v) is 5.77. The van der Waals surface area contributed by atoms with Gasteiger partial charge in [0.15, 0.2) is 0 Å². The second-order valence-corrected chi connectivity index (χ2v) is 7.00. The minimum Gasteiger partial charge on any atom is -0.313 e. The lowest BCUT2D eigenvalue weighted by molar-refractivity contribution is -0.126. The number of pyridine rings is 1. The molecule has 2 aliphatic rings. The number of anilines is 1. The summed E-state index contributed by atoms with van der Waals surface area (Å²) < 4.78 is 0. The number of hydrogen-bond donors (Lipinski definition) is 0. The molecule has 2 aromatic carbocycles. The van der Waals surface area contributed by atoms with Crippen LogP contribution in [0.3, 0.4) is 0 Å². The van der Waals surface area contributed by atoms with E-state index in [1.165, 1.54) is 11.1 Å². The van der Waals surface area contributed by atoms with Crippen LogP contribution in [-0.2, 0) is 10.2 Å². The van der Waals surface area contributed by atoms with Crippen LogP contribution in [0.1, 0.15) is 29.9 Å². The number of aromatic nitrogens is 1. The Hall–Kier alpha value is -2.68. The summed E-state index contributed by atoms with van der Waals surface area (Å²) in [5, 5.41) is 1.12. The standard InChI is InChI=1S/C21H18N2O/c1-23-18-13-22-17-10-6-5-9-16(17)19(18)21(20(23)24)11-15(12-21)14-7-3-2-4-8-14/h2-10,13,15H,11-12H2,1H3. The lowest BCUT2D eigenvalue weighted by Gasteiger charge is -2.44. The molecule has 3 aromatic rings. The Morgan fingerprint density at radius 1 is 1.04 bits per heavy atom. The van der Waals surface area contributed by atoms with Crippen molar-refractivity contribution in [1.82, 2.24) is 4.98 Å². The second-order valence-electron chi connectivity index (χ2n) is 7.00. The van der Waals surface area contributed by atoms with Gasteiger partial charge in [0.25, 0.3) is 0 Å². The average molecular weight is 314 g/mol. The van der Waals surface area contributed by atoms with Crippen LogP contribution in [0.5, 0.6) is 0 Å². The molecule has 118 valence electrons. The van der Waals surface area contributed by atoms with Crippen LogP contribution < -0.4 is 4.90 Å². The van der Waals surface area contributed by atoms with Crippen molar-refractivity contribution in [3.63, 3.8) is 0 Å². The third-order valence-electron chi connectivity index (χ3n) is 5.77. The first-order valence-electron chi connectivity index (χ1n) is 8.42. The van der Waals surface area contributed by atoms with Gasteiger partial charge in [-0.15, -0.1) is 0 Å². The van der Waals surface area contributed by atoms with E-state index in [9.17, 15) is 4.79 Å². The molecule has 3 nitrogen and oxygen atoms in total. The van der Waals surface area contributed by atoms with E-state index in [1.807, 2.05) is 37.5 Å². The Balaban J connectivity index is 1.65. The highest BCUT2D eigenvalue weighted by Gasteiger charge is 2.58. The monoisotopic (exact) mass is 314 g/mol. The largest absolute Gasteiger partial charge is 0.313 e. The molecule has 24 heavy (non-hydrogen) atoms. The molecule has 1 aliphatic carbocycles. The molecule has 1 spiro atoms. The minimum absolute atomic E-state index is 0.225. The number of rotatable bonds is 1. The number of amides is 1. The van der Waals surface area contributed by atoms with Crippen LogP contribution in [0, 0.1) is 0 Å². The summed E-state index contributed by atoms with van der Waals surface area (Å²) >= 11 is 0. The minimum atomic E-state index is -0.368. The molecule has 0 atom stereocenters. The lowest BCUT2D eigenvalue weighted by atomic mass is 9.57. The van der Waals surface area contributed by atoms with E-state index in [-0.39, 0.29) is 11.3 Å². The Morgan fingerprint density at radius 2 is 1.75 bits per heavy atom. The van der Waals surface area contributed by atoms with Gasteiger partial charge in [0.1, 0.15) is 0 Å². The molecular weight excluding hydrogens is 296 g/mol. The number of para-hydroxylation sites is 1. The van der Waals surface area contributed by atoms with E-state index in [2.05, 4.69) is 35.3 Å². The molecule has 0 unspecified atom stereocenters. The van der Waals surface area contributed by atoms with Crippen LogP contribution in [0.15, 0.2) is 60.8 Å². The van der Waals surface area contributed by atoms with Gasteiger partial charge < -0.3 is 4.90 Å². The van der Waals surface area contributed by atoms with E-state index in [0.29, 0.717) is 5.92 Å². The zero-order valence-corrected chi connectivity index (χ0v) is 13.6. The van der Waals surface area contributed by atoms with Gasteiger partial charge in [-0.25, -0.2) is 0 Å². The molecular formula is C21H18N2O. The fourth-order valence-corrected chi connectivity index (χ4v) is 4.55. The van der Waals surface area contributed by atoms with Crippen molar-refractivity contribution in [2.75, 3.05) is 11.9 Å². The topological polar surface area (TPSA) is 33.2 Å². The van der Waals surface area contributed by atoms with E-state index >= 15 is 0 Å². The van der Waals surface area contributed by atoms with Crippen molar-refractivity contribution in [2.24, 2.45) is 0 Å². The molecule has 2 heterocycles. The van der Waals surface area contributed by atoms with Gasteiger partial charge in [-0.3, -0.25) is 9.78 Å². The van der Waals surface area contributed by atoms with Gasteiger partial charge in [-0.1, -0.05) is 48.5 Å². The molecule has 0 N–H and O–H groups in total. The fraction of sp³-hybridized carbons (Fsp3) is 0.238. The van der Waals surface area contributed by atoms with Gasteiger partial charge in [0.2, 0.25) is 5.91 Å². The maximum Gasteiger partial charge on any atom is 0.237 e. The predicted octanol–water partition coefficient (Wildman–Crippen LogP) is 4.03. The Morgan fingerprint density at radius 3 is 2.54 bits per heavy atom. The Bertz CT molecular complexity index is 958. The first kappa shape index (κ1) is 13.7. The summed E-state index contributed by atoms with van der Waals surface area (Å²) in [6.45, 7) is 0. The summed E-state index contributed by atoms with van der Waals surface area (Å²) in [6, 6.07) is 18.7. The summed E-state index contributed by atoms with van der Waals surface area (Å²) in [5.74, 6) is 0.685. The van der Waals surface area contributed by atoms with Crippen LogP contribution in [0.2, 0.25) is 0 Å². The van der Waals surface area contributed by atoms with Crippen LogP contribution in [0.25, 0.3) is 10.9 Å². The number of likely N-dealkylation sites (N-methyl/N-ethyl adjacent to an activating group) is 1. The zero-order valence-electron chi connectivity index (χ0n) is 13.6. The van der Waals surface area contributed by atoms with E-state index in [1.54, 1.807) is 4.90 Å². The molecule has 1 aromatic heterocycles. The molecule has 1 fully saturated rings.